The van der Waals surface area contributed by atoms with Crippen molar-refractivity contribution >= 4 is 5.91 Å². The van der Waals surface area contributed by atoms with Crippen LogP contribution in [0.2, 0.25) is 0 Å². The summed E-state index contributed by atoms with van der Waals surface area (Å²) in [4.78, 5) is 10.6. The Kier molecular flexibility index (Phi) is 3.46. The van der Waals surface area contributed by atoms with E-state index < -0.39 is 0 Å². The van der Waals surface area contributed by atoms with Gasteiger partial charge in [-0.05, 0) is 0 Å². The minimum atomic E-state index is -0.384. The van der Waals surface area contributed by atoms with E-state index in [1.54, 1.807) is 0 Å². The predicted molar refractivity (Wildman–Crippen MR) is 42.1 cm³/mol. The third-order valence-corrected chi connectivity index (χ3v) is 1.53. The number of hydrogen-bond acceptors (Lipinski definition) is 4. The molecule has 5 nitrogen and oxygen atoms in total. The second-order valence-corrected chi connectivity index (χ2v) is 2.71. The quantitative estimate of drug-likeness (QED) is 0.548. The van der Waals surface area contributed by atoms with Crippen LogP contribution in [0.3, 0.4) is 0 Å². The molecule has 70 valence electrons. The largest absolute Gasteiger partial charge is 0.350 e. The molecule has 3 N–H and O–H groups in total. The highest BCUT2D eigenvalue weighted by Crippen LogP contribution is 2.08. The molecule has 0 spiro atoms. The lowest BCUT2D eigenvalue weighted by atomic mass is 10.3. The molecule has 0 saturated carbocycles. The molecule has 1 aliphatic heterocycles. The SMILES string of the molecule is CC(=O)NC(N)CC1OCCO1. The fourth-order valence-corrected chi connectivity index (χ4v) is 1.07. The maximum absolute atomic E-state index is 10.6. The number of carbonyl (C=O) groups excluding carboxylic acids is 1. The van der Waals surface area contributed by atoms with Crippen molar-refractivity contribution in [2.45, 2.75) is 25.8 Å². The summed E-state index contributed by atoms with van der Waals surface area (Å²) in [7, 11) is 0. The molecule has 0 aromatic carbocycles. The van der Waals surface area contributed by atoms with E-state index in [1.165, 1.54) is 6.92 Å². The molecule has 12 heavy (non-hydrogen) atoms. The molecule has 1 fully saturated rings. The van der Waals surface area contributed by atoms with Crippen LogP contribution in [-0.2, 0) is 14.3 Å². The molecule has 1 heterocycles. The number of rotatable bonds is 3. The van der Waals surface area contributed by atoms with Gasteiger partial charge in [-0.25, -0.2) is 0 Å². The summed E-state index contributed by atoms with van der Waals surface area (Å²) >= 11 is 0. The van der Waals surface area contributed by atoms with Gasteiger partial charge in [0.2, 0.25) is 5.91 Å². The van der Waals surface area contributed by atoms with Gasteiger partial charge in [0.1, 0.15) is 0 Å². The van der Waals surface area contributed by atoms with Gasteiger partial charge in [0, 0.05) is 13.3 Å². The lowest BCUT2D eigenvalue weighted by molar-refractivity contribution is -0.120. The van der Waals surface area contributed by atoms with Gasteiger partial charge in [0.15, 0.2) is 6.29 Å². The molecule has 1 amide bonds. The van der Waals surface area contributed by atoms with Gasteiger partial charge in [-0.1, -0.05) is 0 Å². The maximum atomic E-state index is 10.6. The van der Waals surface area contributed by atoms with E-state index in [9.17, 15) is 4.79 Å². The molecular weight excluding hydrogens is 160 g/mol. The Morgan fingerprint density at radius 3 is 2.75 bits per heavy atom. The van der Waals surface area contributed by atoms with Crippen molar-refractivity contribution in [3.63, 3.8) is 0 Å². The normalized spacial score (nSPS) is 20.8. The van der Waals surface area contributed by atoms with E-state index in [2.05, 4.69) is 5.32 Å². The topological polar surface area (TPSA) is 73.6 Å². The summed E-state index contributed by atoms with van der Waals surface area (Å²) in [6, 6.07) is 0. The number of nitrogens with one attached hydrogen (secondary N) is 1. The van der Waals surface area contributed by atoms with Gasteiger partial charge in [0.05, 0.1) is 19.4 Å². The molecule has 0 radical (unpaired) electrons. The minimum Gasteiger partial charge on any atom is -0.350 e. The molecule has 0 aliphatic carbocycles. The number of carbonyl (C=O) groups is 1. The van der Waals surface area contributed by atoms with Crippen LogP contribution in [0.1, 0.15) is 13.3 Å². The number of hydrogen-bond donors (Lipinski definition) is 2. The second kappa shape index (κ2) is 4.39. The molecule has 0 aromatic heterocycles. The molecule has 1 atom stereocenters. The van der Waals surface area contributed by atoms with Crippen molar-refractivity contribution in [2.24, 2.45) is 5.73 Å². The molecular formula is C7H14N2O3. The second-order valence-electron chi connectivity index (χ2n) is 2.71. The van der Waals surface area contributed by atoms with Crippen molar-refractivity contribution in [1.29, 1.82) is 0 Å². The number of nitrogens with two attached hydrogens (primary N) is 1. The van der Waals surface area contributed by atoms with Gasteiger partial charge in [-0.3, -0.25) is 4.79 Å². The summed E-state index contributed by atoms with van der Waals surface area (Å²) in [6.07, 6.45) is -0.142. The van der Waals surface area contributed by atoms with Crippen molar-refractivity contribution in [2.75, 3.05) is 13.2 Å². The van der Waals surface area contributed by atoms with E-state index in [1.807, 2.05) is 0 Å². The number of amides is 1. The third-order valence-electron chi connectivity index (χ3n) is 1.53. The summed E-state index contributed by atoms with van der Waals surface area (Å²) in [5.41, 5.74) is 5.56. The van der Waals surface area contributed by atoms with Crippen molar-refractivity contribution in [3.8, 4) is 0 Å². The van der Waals surface area contributed by atoms with Crippen LogP contribution in [0.5, 0.6) is 0 Å². The van der Waals surface area contributed by atoms with E-state index >= 15 is 0 Å². The Morgan fingerprint density at radius 2 is 2.25 bits per heavy atom. The van der Waals surface area contributed by atoms with Gasteiger partial charge in [-0.2, -0.15) is 0 Å². The zero-order valence-electron chi connectivity index (χ0n) is 7.08. The van der Waals surface area contributed by atoms with E-state index in [4.69, 9.17) is 15.2 Å². The average Bonchev–Trinajstić information content (AvgIpc) is 2.37. The smallest absolute Gasteiger partial charge is 0.218 e. The van der Waals surface area contributed by atoms with Gasteiger partial charge < -0.3 is 20.5 Å². The van der Waals surface area contributed by atoms with Crippen LogP contribution in [0.25, 0.3) is 0 Å². The highest BCUT2D eigenvalue weighted by molar-refractivity contribution is 5.73. The Labute approximate surface area is 71.2 Å². The van der Waals surface area contributed by atoms with Gasteiger partial charge in [0.25, 0.3) is 0 Å². The van der Waals surface area contributed by atoms with E-state index in [0.29, 0.717) is 19.6 Å². The van der Waals surface area contributed by atoms with Gasteiger partial charge >= 0.3 is 0 Å². The molecule has 1 unspecified atom stereocenters. The lowest BCUT2D eigenvalue weighted by Crippen LogP contribution is -2.42. The fraction of sp³-hybridized carbons (Fsp3) is 0.857. The fourth-order valence-electron chi connectivity index (χ4n) is 1.07. The van der Waals surface area contributed by atoms with E-state index in [0.717, 1.165) is 0 Å². The first-order valence-corrected chi connectivity index (χ1v) is 3.94. The van der Waals surface area contributed by atoms with Crippen molar-refractivity contribution in [1.82, 2.24) is 5.32 Å². The molecule has 5 heteroatoms. The Hall–Kier alpha value is -0.650. The molecule has 1 saturated heterocycles. The summed E-state index contributed by atoms with van der Waals surface area (Å²) < 4.78 is 10.3. The molecule has 1 rings (SSSR count). The maximum Gasteiger partial charge on any atom is 0.218 e. The first kappa shape index (κ1) is 9.44. The van der Waals surface area contributed by atoms with Crippen LogP contribution < -0.4 is 11.1 Å². The average molecular weight is 174 g/mol. The van der Waals surface area contributed by atoms with Crippen LogP contribution in [0, 0.1) is 0 Å². The standard InChI is InChI=1S/C7H14N2O3/c1-5(10)9-6(8)4-7-11-2-3-12-7/h6-7H,2-4,8H2,1H3,(H,9,10). The lowest BCUT2D eigenvalue weighted by Gasteiger charge is -2.15. The first-order chi connectivity index (χ1) is 5.68. The molecule has 0 aromatic rings. The van der Waals surface area contributed by atoms with E-state index in [-0.39, 0.29) is 18.4 Å². The monoisotopic (exact) mass is 174 g/mol. The summed E-state index contributed by atoms with van der Waals surface area (Å²) in [6.45, 7) is 2.64. The Balaban J connectivity index is 2.16. The van der Waals surface area contributed by atoms with Crippen LogP contribution in [0.4, 0.5) is 0 Å². The van der Waals surface area contributed by atoms with Gasteiger partial charge in [-0.15, -0.1) is 0 Å². The Bertz CT molecular complexity index is 157. The van der Waals surface area contributed by atoms with Crippen LogP contribution in [-0.4, -0.2) is 31.6 Å². The molecule has 0 bridgehead atoms. The van der Waals surface area contributed by atoms with Crippen LogP contribution in [0.15, 0.2) is 0 Å². The zero-order chi connectivity index (χ0) is 8.97. The zero-order valence-corrected chi connectivity index (χ0v) is 7.08. The summed E-state index contributed by atoms with van der Waals surface area (Å²) in [5.74, 6) is -0.138. The molecule has 1 aliphatic rings. The minimum absolute atomic E-state index is 0.138. The van der Waals surface area contributed by atoms with Crippen molar-refractivity contribution in [3.05, 3.63) is 0 Å². The highest BCUT2D eigenvalue weighted by atomic mass is 16.7. The first-order valence-electron chi connectivity index (χ1n) is 3.94. The highest BCUT2D eigenvalue weighted by Gasteiger charge is 2.19. The van der Waals surface area contributed by atoms with Crippen molar-refractivity contribution < 1.29 is 14.3 Å². The summed E-state index contributed by atoms with van der Waals surface area (Å²) in [5, 5.41) is 2.55. The Morgan fingerprint density at radius 1 is 1.67 bits per heavy atom. The predicted octanol–water partition coefficient (Wildman–Crippen LogP) is -0.830. The van der Waals surface area contributed by atoms with Crippen LogP contribution >= 0.6 is 0 Å². The number of ether oxygens (including phenoxy) is 2. The third kappa shape index (κ3) is 3.17.